The summed E-state index contributed by atoms with van der Waals surface area (Å²) >= 11 is 0. The molecule has 1 aromatic heterocycles. The molecule has 25 heavy (non-hydrogen) atoms. The van der Waals surface area contributed by atoms with Gasteiger partial charge in [0.05, 0.1) is 13.7 Å². The van der Waals surface area contributed by atoms with Gasteiger partial charge in [0, 0.05) is 35.6 Å². The van der Waals surface area contributed by atoms with E-state index in [9.17, 15) is 9.90 Å². The first-order valence-corrected chi connectivity index (χ1v) is 8.82. The number of hydrogen-bond donors (Lipinski definition) is 2. The van der Waals surface area contributed by atoms with E-state index in [2.05, 4.69) is 22.0 Å². The monoisotopic (exact) mass is 340 g/mol. The number of nitrogens with zero attached hydrogens (tertiary/aromatic N) is 1. The van der Waals surface area contributed by atoms with Gasteiger partial charge in [0.2, 0.25) is 0 Å². The summed E-state index contributed by atoms with van der Waals surface area (Å²) in [6.45, 7) is 4.27. The maximum absolute atomic E-state index is 13.0. The Bertz CT molecular complexity index is 854. The second kappa shape index (κ2) is 6.00. The molecule has 132 valence electrons. The van der Waals surface area contributed by atoms with Gasteiger partial charge in [-0.15, -0.1) is 0 Å². The standard InChI is InChI=1S/C20H24N2O3/c1-3-13-10-22-9-8-16(13)20(12-23,19(24)25-2)18-15(11-22)14-6-4-5-7-17(14)21-18/h3-7,16,21,23H,8-12H2,1-2H3/b13-3+/t16-,20+/m0/s1. The summed E-state index contributed by atoms with van der Waals surface area (Å²) in [6.07, 6.45) is 2.93. The number of aliphatic hydroxyl groups is 1. The molecule has 1 unspecified atom stereocenters. The van der Waals surface area contributed by atoms with Crippen molar-refractivity contribution in [3.63, 3.8) is 0 Å². The van der Waals surface area contributed by atoms with Gasteiger partial charge >= 0.3 is 5.97 Å². The van der Waals surface area contributed by atoms with Crippen LogP contribution in [0.5, 0.6) is 0 Å². The van der Waals surface area contributed by atoms with E-state index in [-0.39, 0.29) is 18.5 Å². The van der Waals surface area contributed by atoms with E-state index in [1.54, 1.807) is 0 Å². The molecule has 1 fully saturated rings. The third-order valence-electron chi connectivity index (χ3n) is 5.99. The van der Waals surface area contributed by atoms with Crippen molar-refractivity contribution in [3.8, 4) is 0 Å². The van der Waals surface area contributed by atoms with Crippen LogP contribution >= 0.6 is 0 Å². The Hall–Kier alpha value is -2.11. The van der Waals surface area contributed by atoms with Crippen molar-refractivity contribution in [2.45, 2.75) is 25.3 Å². The Morgan fingerprint density at radius 2 is 2.24 bits per heavy atom. The Kier molecular flexibility index (Phi) is 3.93. The van der Waals surface area contributed by atoms with Crippen LogP contribution in [0.25, 0.3) is 10.9 Å². The quantitative estimate of drug-likeness (QED) is 0.651. The van der Waals surface area contributed by atoms with Crippen LogP contribution in [0.2, 0.25) is 0 Å². The molecule has 5 nitrogen and oxygen atoms in total. The second-order valence-electron chi connectivity index (χ2n) is 7.06. The van der Waals surface area contributed by atoms with Crippen LogP contribution in [0.3, 0.4) is 0 Å². The molecule has 0 amide bonds. The van der Waals surface area contributed by atoms with E-state index in [1.165, 1.54) is 12.7 Å². The van der Waals surface area contributed by atoms with Gasteiger partial charge in [0.15, 0.2) is 0 Å². The van der Waals surface area contributed by atoms with Crippen molar-refractivity contribution in [2.24, 2.45) is 5.92 Å². The molecule has 0 aliphatic carbocycles. The van der Waals surface area contributed by atoms with Gasteiger partial charge < -0.3 is 14.8 Å². The Labute approximate surface area is 147 Å². The average molecular weight is 340 g/mol. The number of benzene rings is 1. The SMILES string of the molecule is C/C=C1\CN2CC[C@@H]1[C@@](CO)(C(=O)OC)c1[nH]c3ccccc3c1C2. The number of para-hydroxylation sites is 1. The molecule has 0 saturated carbocycles. The number of allylic oxidation sites excluding steroid dienone is 1. The lowest BCUT2D eigenvalue weighted by Crippen LogP contribution is -2.54. The Balaban J connectivity index is 2.06. The molecule has 2 aromatic rings. The number of rotatable bonds is 2. The molecule has 5 heteroatoms. The van der Waals surface area contributed by atoms with Gasteiger partial charge in [0.25, 0.3) is 0 Å². The van der Waals surface area contributed by atoms with Crippen molar-refractivity contribution in [3.05, 3.63) is 47.2 Å². The van der Waals surface area contributed by atoms with Gasteiger partial charge in [-0.2, -0.15) is 0 Å². The molecule has 1 aromatic carbocycles. The van der Waals surface area contributed by atoms with Crippen molar-refractivity contribution < 1.29 is 14.6 Å². The minimum atomic E-state index is -1.07. The second-order valence-corrected chi connectivity index (χ2v) is 7.06. The molecule has 5 rings (SSSR count). The van der Waals surface area contributed by atoms with Crippen LogP contribution < -0.4 is 0 Å². The summed E-state index contributed by atoms with van der Waals surface area (Å²) in [4.78, 5) is 18.9. The zero-order valence-electron chi connectivity index (χ0n) is 14.7. The van der Waals surface area contributed by atoms with E-state index in [1.807, 2.05) is 25.1 Å². The number of nitrogens with one attached hydrogen (secondary N) is 1. The molecule has 4 heterocycles. The lowest BCUT2D eigenvalue weighted by molar-refractivity contribution is -0.152. The van der Waals surface area contributed by atoms with Gasteiger partial charge in [-0.1, -0.05) is 29.8 Å². The Morgan fingerprint density at radius 1 is 1.44 bits per heavy atom. The molecule has 3 atom stereocenters. The molecule has 2 N–H and O–H groups in total. The number of carbonyl (C=O) groups excluding carboxylic acids is 1. The largest absolute Gasteiger partial charge is 0.468 e. The van der Waals surface area contributed by atoms with E-state index in [0.717, 1.165) is 48.2 Å². The highest BCUT2D eigenvalue weighted by Crippen LogP contribution is 2.47. The molecular weight excluding hydrogens is 316 g/mol. The number of carbonyl (C=O) groups is 1. The number of hydrogen-bond acceptors (Lipinski definition) is 4. The minimum absolute atomic E-state index is 0.0571. The summed E-state index contributed by atoms with van der Waals surface area (Å²) < 4.78 is 5.22. The first kappa shape index (κ1) is 16.4. The van der Waals surface area contributed by atoms with Crippen molar-refractivity contribution >= 4 is 16.9 Å². The van der Waals surface area contributed by atoms with Crippen LogP contribution in [0.1, 0.15) is 24.6 Å². The van der Waals surface area contributed by atoms with Crippen molar-refractivity contribution in [1.82, 2.24) is 9.88 Å². The van der Waals surface area contributed by atoms with Crippen LogP contribution in [0.4, 0.5) is 0 Å². The molecule has 2 bridgehead atoms. The molecule has 3 aliphatic heterocycles. The average Bonchev–Trinajstić information content (AvgIpc) is 2.99. The fourth-order valence-corrected chi connectivity index (χ4v) is 4.76. The Morgan fingerprint density at radius 3 is 2.96 bits per heavy atom. The predicted molar refractivity (Wildman–Crippen MR) is 96.2 cm³/mol. The number of esters is 1. The third-order valence-corrected chi connectivity index (χ3v) is 5.99. The summed E-state index contributed by atoms with van der Waals surface area (Å²) in [5, 5.41) is 11.6. The summed E-state index contributed by atoms with van der Waals surface area (Å²) in [5.41, 5.74) is 3.05. The van der Waals surface area contributed by atoms with Crippen molar-refractivity contribution in [1.29, 1.82) is 0 Å². The van der Waals surface area contributed by atoms with E-state index < -0.39 is 5.41 Å². The number of methoxy groups -OCH3 is 1. The predicted octanol–water partition coefficient (Wildman–Crippen LogP) is 2.35. The summed E-state index contributed by atoms with van der Waals surface area (Å²) in [7, 11) is 1.41. The van der Waals surface area contributed by atoms with Crippen LogP contribution in [-0.4, -0.2) is 47.8 Å². The minimum Gasteiger partial charge on any atom is -0.468 e. The number of piperidine rings is 1. The summed E-state index contributed by atoms with van der Waals surface area (Å²) in [6, 6.07) is 8.10. The fourth-order valence-electron chi connectivity index (χ4n) is 4.76. The number of aromatic amines is 1. The number of H-pyrrole nitrogens is 1. The smallest absolute Gasteiger partial charge is 0.320 e. The fraction of sp³-hybridized carbons (Fsp3) is 0.450. The lowest BCUT2D eigenvalue weighted by atomic mass is 9.65. The molecule has 0 spiro atoms. The molecule has 1 saturated heterocycles. The number of aliphatic hydroxyl groups excluding tert-OH is 1. The topological polar surface area (TPSA) is 65.6 Å². The van der Waals surface area contributed by atoms with Crippen LogP contribution in [0.15, 0.2) is 35.9 Å². The van der Waals surface area contributed by atoms with Gasteiger partial charge in [-0.05, 0) is 31.5 Å². The number of ether oxygens (including phenoxy) is 1. The van der Waals surface area contributed by atoms with Crippen molar-refractivity contribution in [2.75, 3.05) is 26.8 Å². The molecule has 0 radical (unpaired) electrons. The summed E-state index contributed by atoms with van der Waals surface area (Å²) in [5.74, 6) is -0.416. The van der Waals surface area contributed by atoms with Gasteiger partial charge in [0.1, 0.15) is 5.41 Å². The third kappa shape index (κ3) is 2.19. The number of fused-ring (bicyclic) bond motifs is 3. The van der Waals surface area contributed by atoms with Gasteiger partial charge in [-0.3, -0.25) is 9.69 Å². The lowest BCUT2D eigenvalue weighted by Gasteiger charge is -2.46. The van der Waals surface area contributed by atoms with Gasteiger partial charge in [-0.25, -0.2) is 0 Å². The van der Waals surface area contributed by atoms with E-state index in [4.69, 9.17) is 4.74 Å². The molecular formula is C20H24N2O3. The zero-order chi connectivity index (χ0) is 17.6. The molecule has 3 aliphatic rings. The van der Waals surface area contributed by atoms with E-state index >= 15 is 0 Å². The first-order chi connectivity index (χ1) is 12.2. The van der Waals surface area contributed by atoms with Crippen LogP contribution in [-0.2, 0) is 21.5 Å². The van der Waals surface area contributed by atoms with E-state index in [0.29, 0.717) is 0 Å². The highest BCUT2D eigenvalue weighted by atomic mass is 16.5. The highest BCUT2D eigenvalue weighted by molar-refractivity contribution is 5.91. The highest BCUT2D eigenvalue weighted by Gasteiger charge is 2.54. The van der Waals surface area contributed by atoms with Crippen LogP contribution in [0, 0.1) is 5.92 Å². The zero-order valence-corrected chi connectivity index (χ0v) is 14.7. The maximum Gasteiger partial charge on any atom is 0.320 e. The number of aromatic nitrogens is 1. The normalized spacial score (nSPS) is 30.1. The maximum atomic E-state index is 13.0. The first-order valence-electron chi connectivity index (χ1n) is 8.82.